The highest BCUT2D eigenvalue weighted by Crippen LogP contribution is 2.32. The van der Waals surface area contributed by atoms with Crippen LogP contribution in [0, 0.1) is 11.6 Å². The molecule has 0 aliphatic carbocycles. The molecule has 2 aliphatic rings. The Morgan fingerprint density at radius 2 is 1.15 bits per heavy atom. The van der Waals surface area contributed by atoms with Gasteiger partial charge < -0.3 is 20.6 Å². The second kappa shape index (κ2) is 8.77. The van der Waals surface area contributed by atoms with Crippen LogP contribution in [0.25, 0.3) is 33.6 Å². The van der Waals surface area contributed by atoms with E-state index in [1.54, 1.807) is 36.7 Å². The van der Waals surface area contributed by atoms with Crippen molar-refractivity contribution in [3.63, 3.8) is 0 Å². The van der Waals surface area contributed by atoms with Crippen molar-refractivity contribution in [3.8, 4) is 33.6 Å². The van der Waals surface area contributed by atoms with Gasteiger partial charge in [0.05, 0.1) is 35.9 Å². The molecule has 6 nitrogen and oxygen atoms in total. The van der Waals surface area contributed by atoms with E-state index in [1.807, 2.05) is 0 Å². The molecule has 2 fully saturated rings. The number of hydrogen-bond acceptors (Lipinski definition) is 4. The number of aromatic amines is 2. The summed E-state index contributed by atoms with van der Waals surface area (Å²) in [6, 6.07) is 10.3. The van der Waals surface area contributed by atoms with Crippen molar-refractivity contribution in [2.75, 3.05) is 13.1 Å². The third-order valence-corrected chi connectivity index (χ3v) is 6.82. The van der Waals surface area contributed by atoms with Gasteiger partial charge in [0.15, 0.2) is 0 Å². The molecule has 8 heteroatoms. The number of halogens is 2. The van der Waals surface area contributed by atoms with E-state index in [0.29, 0.717) is 33.6 Å². The van der Waals surface area contributed by atoms with E-state index < -0.39 is 0 Å². The molecule has 0 amide bonds. The van der Waals surface area contributed by atoms with Gasteiger partial charge in [-0.2, -0.15) is 0 Å². The molecule has 6 rings (SSSR count). The van der Waals surface area contributed by atoms with Crippen LogP contribution in [0.1, 0.15) is 49.4 Å². The minimum absolute atomic E-state index is 0.193. The molecule has 0 bridgehead atoms. The Bertz CT molecular complexity index is 1210. The average molecular weight is 461 g/mol. The largest absolute Gasteiger partial charge is 0.341 e. The zero-order valence-corrected chi connectivity index (χ0v) is 18.7. The molecule has 0 unspecified atom stereocenters. The maximum absolute atomic E-state index is 15.0. The molecule has 0 spiro atoms. The lowest BCUT2D eigenvalue weighted by Gasteiger charge is -2.09. The smallest absolute Gasteiger partial charge is 0.133 e. The third kappa shape index (κ3) is 3.93. The standard InChI is InChI=1S/C26H26F2N6/c27-19-11-15(5-7-17(19)23-13-31-25(33-23)21-3-1-9-29-21)16-6-8-18(20(28)12-16)24-14-32-26(34-24)22-4-2-10-30-22/h5-8,11-14,21-22,29-30H,1-4,9-10H2,(H,31,33)(H,32,34)/t21-,22-/m0/s1. The van der Waals surface area contributed by atoms with E-state index in [1.165, 1.54) is 12.1 Å². The first kappa shape index (κ1) is 21.2. The highest BCUT2D eigenvalue weighted by molar-refractivity contribution is 5.72. The molecule has 2 atom stereocenters. The molecule has 2 aliphatic heterocycles. The molecule has 2 aromatic carbocycles. The molecule has 0 saturated carbocycles. The number of nitrogens with one attached hydrogen (secondary N) is 4. The molecule has 4 heterocycles. The van der Waals surface area contributed by atoms with Gasteiger partial charge in [0.2, 0.25) is 0 Å². The summed E-state index contributed by atoms with van der Waals surface area (Å²) in [5.74, 6) is 0.913. The fraction of sp³-hybridized carbons (Fsp3) is 0.308. The predicted molar refractivity (Wildman–Crippen MR) is 127 cm³/mol. The number of hydrogen-bond donors (Lipinski definition) is 4. The van der Waals surface area contributed by atoms with Crippen LogP contribution in [-0.2, 0) is 0 Å². The second-order valence-electron chi connectivity index (χ2n) is 9.05. The molecule has 0 radical (unpaired) electrons. The van der Waals surface area contributed by atoms with Gasteiger partial charge in [-0.3, -0.25) is 0 Å². The van der Waals surface area contributed by atoms with Crippen molar-refractivity contribution in [2.45, 2.75) is 37.8 Å². The first-order valence-electron chi connectivity index (χ1n) is 11.8. The quantitative estimate of drug-likeness (QED) is 0.327. The zero-order chi connectivity index (χ0) is 23.1. The van der Waals surface area contributed by atoms with Gasteiger partial charge >= 0.3 is 0 Å². The Kier molecular flexibility index (Phi) is 5.47. The fourth-order valence-corrected chi connectivity index (χ4v) is 4.96. The van der Waals surface area contributed by atoms with Crippen molar-refractivity contribution in [3.05, 3.63) is 72.1 Å². The van der Waals surface area contributed by atoms with Gasteiger partial charge in [0.1, 0.15) is 23.3 Å². The normalized spacial score (nSPS) is 20.3. The van der Waals surface area contributed by atoms with Crippen LogP contribution in [0.15, 0.2) is 48.8 Å². The number of aromatic nitrogens is 4. The van der Waals surface area contributed by atoms with Crippen molar-refractivity contribution in [2.24, 2.45) is 0 Å². The number of H-pyrrole nitrogens is 2. The minimum Gasteiger partial charge on any atom is -0.341 e. The lowest BCUT2D eigenvalue weighted by atomic mass is 10.00. The molecule has 2 aromatic heterocycles. The monoisotopic (exact) mass is 460 g/mol. The van der Waals surface area contributed by atoms with E-state index in [-0.39, 0.29) is 23.7 Å². The van der Waals surface area contributed by atoms with Gasteiger partial charge in [0, 0.05) is 11.1 Å². The van der Waals surface area contributed by atoms with Crippen LogP contribution in [-0.4, -0.2) is 33.0 Å². The van der Waals surface area contributed by atoms with E-state index in [0.717, 1.165) is 50.4 Å². The molecular weight excluding hydrogens is 434 g/mol. The van der Waals surface area contributed by atoms with E-state index >= 15 is 8.78 Å². The number of rotatable bonds is 5. The maximum atomic E-state index is 15.0. The SMILES string of the molecule is Fc1cc(-c2ccc(-c3cnc([C@@H]4CCCN4)[nH]3)c(F)c2)ccc1-c1cnc([C@@H]2CCCN2)[nH]1. The summed E-state index contributed by atoms with van der Waals surface area (Å²) in [6.45, 7) is 1.94. The first-order chi connectivity index (χ1) is 16.7. The van der Waals surface area contributed by atoms with Crippen molar-refractivity contribution in [1.82, 2.24) is 30.6 Å². The van der Waals surface area contributed by atoms with E-state index in [4.69, 9.17) is 0 Å². The van der Waals surface area contributed by atoms with Crippen molar-refractivity contribution in [1.29, 1.82) is 0 Å². The van der Waals surface area contributed by atoms with Crippen LogP contribution in [0.5, 0.6) is 0 Å². The third-order valence-electron chi connectivity index (χ3n) is 6.82. The summed E-state index contributed by atoms with van der Waals surface area (Å²) < 4.78 is 30.1. The van der Waals surface area contributed by atoms with Crippen LogP contribution in [0.3, 0.4) is 0 Å². The Hall–Kier alpha value is -3.36. The molecule has 4 N–H and O–H groups in total. The van der Waals surface area contributed by atoms with Crippen LogP contribution >= 0.6 is 0 Å². The van der Waals surface area contributed by atoms with Crippen LogP contribution in [0.2, 0.25) is 0 Å². The van der Waals surface area contributed by atoms with Gasteiger partial charge in [-0.15, -0.1) is 0 Å². The Morgan fingerprint density at radius 1 is 0.676 bits per heavy atom. The molecule has 34 heavy (non-hydrogen) atoms. The molecule has 2 saturated heterocycles. The summed E-state index contributed by atoms with van der Waals surface area (Å²) in [7, 11) is 0. The molecule has 174 valence electrons. The van der Waals surface area contributed by atoms with Gasteiger partial charge in [-0.05, 0) is 74.2 Å². The minimum atomic E-state index is -0.376. The average Bonchev–Trinajstić information content (AvgIpc) is 3.65. The number of benzene rings is 2. The summed E-state index contributed by atoms with van der Waals surface area (Å²) in [4.78, 5) is 15.3. The lowest BCUT2D eigenvalue weighted by Crippen LogP contribution is -2.14. The summed E-state index contributed by atoms with van der Waals surface area (Å²) in [5, 5.41) is 6.78. The summed E-state index contributed by atoms with van der Waals surface area (Å²) >= 11 is 0. The Labute approximate surface area is 196 Å². The maximum Gasteiger partial charge on any atom is 0.133 e. The predicted octanol–water partition coefficient (Wildman–Crippen LogP) is 5.26. The zero-order valence-electron chi connectivity index (χ0n) is 18.7. The van der Waals surface area contributed by atoms with Crippen LogP contribution in [0.4, 0.5) is 8.78 Å². The molecular formula is C26H26F2N6. The van der Waals surface area contributed by atoms with E-state index in [2.05, 4.69) is 30.6 Å². The lowest BCUT2D eigenvalue weighted by molar-refractivity contribution is 0.612. The Balaban J connectivity index is 1.24. The van der Waals surface area contributed by atoms with Crippen LogP contribution < -0.4 is 10.6 Å². The summed E-state index contributed by atoms with van der Waals surface area (Å²) in [6.07, 6.45) is 7.60. The topological polar surface area (TPSA) is 81.4 Å². The van der Waals surface area contributed by atoms with Crippen molar-refractivity contribution >= 4 is 0 Å². The van der Waals surface area contributed by atoms with Gasteiger partial charge in [-0.1, -0.05) is 12.1 Å². The number of nitrogens with zero attached hydrogens (tertiary/aromatic N) is 2. The fourth-order valence-electron chi connectivity index (χ4n) is 4.96. The molecule has 4 aromatic rings. The summed E-state index contributed by atoms with van der Waals surface area (Å²) in [5.41, 5.74) is 3.40. The van der Waals surface area contributed by atoms with Gasteiger partial charge in [-0.25, -0.2) is 18.7 Å². The van der Waals surface area contributed by atoms with Gasteiger partial charge in [0.25, 0.3) is 0 Å². The van der Waals surface area contributed by atoms with E-state index in [9.17, 15) is 0 Å². The highest BCUT2D eigenvalue weighted by atomic mass is 19.1. The highest BCUT2D eigenvalue weighted by Gasteiger charge is 2.21. The Morgan fingerprint density at radius 3 is 1.53 bits per heavy atom. The van der Waals surface area contributed by atoms with Crippen molar-refractivity contribution < 1.29 is 8.78 Å². The number of imidazole rings is 2. The first-order valence-corrected chi connectivity index (χ1v) is 11.8. The second-order valence-corrected chi connectivity index (χ2v) is 9.05.